The van der Waals surface area contributed by atoms with Gasteiger partial charge < -0.3 is 9.80 Å². The van der Waals surface area contributed by atoms with Crippen LogP contribution >= 0.6 is 0 Å². The van der Waals surface area contributed by atoms with E-state index < -0.39 is 0 Å². The largest absolute Gasteiger partial charge is 0.367 e. The van der Waals surface area contributed by atoms with Crippen LogP contribution in [0.5, 0.6) is 0 Å². The van der Waals surface area contributed by atoms with Gasteiger partial charge in [0.05, 0.1) is 11.9 Å². The number of likely N-dealkylation sites (tertiary alicyclic amines) is 1. The first-order chi connectivity index (χ1) is 14.1. The Labute approximate surface area is 171 Å². The Balaban J connectivity index is 1.31. The van der Waals surface area contributed by atoms with Gasteiger partial charge in [-0.3, -0.25) is 14.4 Å². The molecule has 4 rings (SSSR count). The van der Waals surface area contributed by atoms with Gasteiger partial charge in [-0.2, -0.15) is 5.10 Å². The van der Waals surface area contributed by atoms with Gasteiger partial charge in [-0.1, -0.05) is 12.1 Å². The molecule has 154 valence electrons. The van der Waals surface area contributed by atoms with Crippen LogP contribution in [-0.2, 0) is 11.8 Å². The number of benzene rings is 1. The number of aryl methyl sites for hydroxylation is 1. The molecule has 0 radical (unpaired) electrons. The lowest BCUT2D eigenvalue weighted by Gasteiger charge is -2.43. The van der Waals surface area contributed by atoms with E-state index in [0.717, 1.165) is 57.7 Å². The van der Waals surface area contributed by atoms with E-state index in [2.05, 4.69) is 14.9 Å². The zero-order chi connectivity index (χ0) is 20.2. The summed E-state index contributed by atoms with van der Waals surface area (Å²) in [5.74, 6) is -0.0978. The number of aromatic nitrogens is 2. The Morgan fingerprint density at radius 3 is 2.69 bits per heavy atom. The van der Waals surface area contributed by atoms with Gasteiger partial charge in [0.1, 0.15) is 5.82 Å². The summed E-state index contributed by atoms with van der Waals surface area (Å²) in [5.41, 5.74) is 1.62. The lowest BCUT2D eigenvalue weighted by Crippen LogP contribution is -2.55. The van der Waals surface area contributed by atoms with Gasteiger partial charge in [-0.15, -0.1) is 0 Å². The fourth-order valence-electron chi connectivity index (χ4n) is 4.29. The second kappa shape index (κ2) is 8.78. The number of amides is 1. The maximum absolute atomic E-state index is 14.1. The number of piperidine rings is 1. The molecule has 2 aliphatic heterocycles. The average molecular weight is 397 g/mol. The minimum absolute atomic E-state index is 0.0588. The number of carbonyl (C=O) groups excluding carboxylic acids is 1. The topological polar surface area (TPSA) is 44.6 Å². The standard InChI is InChI=1S/C22H28FN5O/c1-25-16-18(15-24-25)8-9-22(29)28-10-4-5-19(17-28)26-11-13-27(14-12-26)21-7-3-2-6-20(21)23/h2-3,6-9,15-16,19H,4-5,10-14,17H2,1H3/b9-8+. The second-order valence-electron chi connectivity index (χ2n) is 7.84. The zero-order valence-electron chi connectivity index (χ0n) is 16.9. The maximum Gasteiger partial charge on any atom is 0.246 e. The third kappa shape index (κ3) is 4.67. The smallest absolute Gasteiger partial charge is 0.246 e. The monoisotopic (exact) mass is 397 g/mol. The van der Waals surface area contributed by atoms with Crippen molar-refractivity contribution in [3.63, 3.8) is 0 Å². The van der Waals surface area contributed by atoms with E-state index >= 15 is 0 Å². The Morgan fingerprint density at radius 1 is 1.17 bits per heavy atom. The number of halogens is 1. The number of anilines is 1. The summed E-state index contributed by atoms with van der Waals surface area (Å²) in [4.78, 5) is 19.2. The summed E-state index contributed by atoms with van der Waals surface area (Å²) in [7, 11) is 1.86. The maximum atomic E-state index is 14.1. The van der Waals surface area contributed by atoms with E-state index in [4.69, 9.17) is 0 Å². The number of para-hydroxylation sites is 1. The molecule has 0 spiro atoms. The van der Waals surface area contributed by atoms with E-state index in [-0.39, 0.29) is 11.7 Å². The highest BCUT2D eigenvalue weighted by atomic mass is 19.1. The molecule has 29 heavy (non-hydrogen) atoms. The fraction of sp³-hybridized carbons (Fsp3) is 0.455. The molecule has 1 aromatic heterocycles. The van der Waals surface area contributed by atoms with Crippen LogP contribution in [0.15, 0.2) is 42.7 Å². The molecule has 2 saturated heterocycles. The fourth-order valence-corrected chi connectivity index (χ4v) is 4.29. The normalized spacial score (nSPS) is 21.1. The second-order valence-corrected chi connectivity index (χ2v) is 7.84. The van der Waals surface area contributed by atoms with Gasteiger partial charge >= 0.3 is 0 Å². The van der Waals surface area contributed by atoms with Gasteiger partial charge in [0, 0.05) is 70.2 Å². The van der Waals surface area contributed by atoms with Crippen molar-refractivity contribution in [2.24, 2.45) is 7.05 Å². The molecule has 0 bridgehead atoms. The minimum Gasteiger partial charge on any atom is -0.367 e. The first kappa shape index (κ1) is 19.6. The predicted octanol–water partition coefficient (Wildman–Crippen LogP) is 2.39. The van der Waals surface area contributed by atoms with E-state index in [1.807, 2.05) is 36.4 Å². The SMILES string of the molecule is Cn1cc(/C=C/C(=O)N2CCCC(N3CCN(c4ccccc4F)CC3)C2)cn1. The summed E-state index contributed by atoms with van der Waals surface area (Å²) in [6, 6.07) is 7.36. The molecular formula is C22H28FN5O. The third-order valence-electron chi connectivity index (χ3n) is 5.88. The Morgan fingerprint density at radius 2 is 1.97 bits per heavy atom. The van der Waals surface area contributed by atoms with Crippen LogP contribution in [0, 0.1) is 5.82 Å². The van der Waals surface area contributed by atoms with Crippen LogP contribution in [0.25, 0.3) is 6.08 Å². The molecule has 0 N–H and O–H groups in total. The van der Waals surface area contributed by atoms with Crippen LogP contribution in [-0.4, -0.2) is 70.8 Å². The summed E-state index contributed by atoms with van der Waals surface area (Å²) < 4.78 is 15.8. The minimum atomic E-state index is -0.157. The average Bonchev–Trinajstić information content (AvgIpc) is 3.18. The van der Waals surface area contributed by atoms with Gasteiger partial charge in [-0.05, 0) is 31.1 Å². The quantitative estimate of drug-likeness (QED) is 0.743. The lowest BCUT2D eigenvalue weighted by molar-refractivity contribution is -0.128. The van der Waals surface area contributed by atoms with Crippen molar-refractivity contribution >= 4 is 17.7 Å². The highest BCUT2D eigenvalue weighted by molar-refractivity contribution is 5.91. The van der Waals surface area contributed by atoms with E-state index in [9.17, 15) is 9.18 Å². The number of nitrogens with zero attached hydrogens (tertiary/aromatic N) is 5. The van der Waals surface area contributed by atoms with Crippen LogP contribution in [0.4, 0.5) is 10.1 Å². The number of hydrogen-bond acceptors (Lipinski definition) is 4. The van der Waals surface area contributed by atoms with E-state index in [1.165, 1.54) is 6.07 Å². The van der Waals surface area contributed by atoms with Crippen molar-refractivity contribution in [2.75, 3.05) is 44.2 Å². The molecule has 0 aliphatic carbocycles. The van der Waals surface area contributed by atoms with Gasteiger partial charge in [0.25, 0.3) is 0 Å². The van der Waals surface area contributed by atoms with Crippen molar-refractivity contribution < 1.29 is 9.18 Å². The van der Waals surface area contributed by atoms with Crippen molar-refractivity contribution in [2.45, 2.75) is 18.9 Å². The molecule has 1 atom stereocenters. The van der Waals surface area contributed by atoms with Crippen LogP contribution in [0.3, 0.4) is 0 Å². The molecule has 3 heterocycles. The van der Waals surface area contributed by atoms with Gasteiger partial charge in [0.15, 0.2) is 0 Å². The highest BCUT2D eigenvalue weighted by Gasteiger charge is 2.29. The van der Waals surface area contributed by atoms with Crippen molar-refractivity contribution in [3.8, 4) is 0 Å². The highest BCUT2D eigenvalue weighted by Crippen LogP contribution is 2.23. The predicted molar refractivity (Wildman–Crippen MR) is 112 cm³/mol. The van der Waals surface area contributed by atoms with E-state index in [0.29, 0.717) is 11.7 Å². The van der Waals surface area contributed by atoms with Crippen molar-refractivity contribution in [3.05, 3.63) is 54.1 Å². The molecule has 2 fully saturated rings. The summed E-state index contributed by atoms with van der Waals surface area (Å²) in [6.07, 6.45) is 9.23. The molecule has 1 amide bonds. The third-order valence-corrected chi connectivity index (χ3v) is 5.88. The van der Waals surface area contributed by atoms with Gasteiger partial charge in [-0.25, -0.2) is 4.39 Å². The number of hydrogen-bond donors (Lipinski definition) is 0. The molecule has 6 nitrogen and oxygen atoms in total. The van der Waals surface area contributed by atoms with Crippen LogP contribution in [0.2, 0.25) is 0 Å². The first-order valence-corrected chi connectivity index (χ1v) is 10.3. The lowest BCUT2D eigenvalue weighted by atomic mass is 10.0. The molecule has 2 aliphatic rings. The molecular weight excluding hydrogens is 369 g/mol. The number of carbonyl (C=O) groups is 1. The molecule has 7 heteroatoms. The molecule has 2 aromatic rings. The first-order valence-electron chi connectivity index (χ1n) is 10.3. The number of piperazine rings is 1. The van der Waals surface area contributed by atoms with Crippen LogP contribution < -0.4 is 4.90 Å². The Kier molecular flexibility index (Phi) is 5.94. The molecule has 1 unspecified atom stereocenters. The van der Waals surface area contributed by atoms with E-state index in [1.54, 1.807) is 23.0 Å². The Bertz CT molecular complexity index is 872. The van der Waals surface area contributed by atoms with Crippen molar-refractivity contribution in [1.29, 1.82) is 0 Å². The van der Waals surface area contributed by atoms with Crippen LogP contribution in [0.1, 0.15) is 18.4 Å². The summed E-state index contributed by atoms with van der Waals surface area (Å²) in [5, 5.41) is 4.12. The summed E-state index contributed by atoms with van der Waals surface area (Å²) >= 11 is 0. The summed E-state index contributed by atoms with van der Waals surface area (Å²) in [6.45, 7) is 4.98. The molecule has 0 saturated carbocycles. The van der Waals surface area contributed by atoms with Crippen molar-refractivity contribution in [1.82, 2.24) is 19.6 Å². The van der Waals surface area contributed by atoms with Gasteiger partial charge in [0.2, 0.25) is 5.91 Å². The number of rotatable bonds is 4. The zero-order valence-corrected chi connectivity index (χ0v) is 16.9. The Hall–Kier alpha value is -2.67. The molecule has 1 aromatic carbocycles.